The van der Waals surface area contributed by atoms with Crippen molar-refractivity contribution in [3.8, 4) is 0 Å². The predicted octanol–water partition coefficient (Wildman–Crippen LogP) is 2.33. The Bertz CT molecular complexity index is 836. The molecule has 0 radical (unpaired) electrons. The minimum Gasteiger partial charge on any atom is -0.329 e. The van der Waals surface area contributed by atoms with Gasteiger partial charge in [-0.3, -0.25) is 19.8 Å². The standard InChI is InChI=1S/C18H18N4O3S/c23-15-9-19-18(25)22(15)10-11-5-7-12(8-6-11)16(24)21-17-20-13-3-1-2-4-14(13)26-17/h5-8H,1-4,9-10H2,(H,19,25)(H,20,21,24). The van der Waals surface area contributed by atoms with Gasteiger partial charge in [0.15, 0.2) is 5.13 Å². The minimum atomic E-state index is -0.385. The predicted molar refractivity (Wildman–Crippen MR) is 97.1 cm³/mol. The van der Waals surface area contributed by atoms with E-state index in [0.717, 1.165) is 35.4 Å². The number of thiazole rings is 1. The maximum absolute atomic E-state index is 12.4. The summed E-state index contributed by atoms with van der Waals surface area (Å²) >= 11 is 1.55. The number of amides is 4. The number of hydrogen-bond donors (Lipinski definition) is 2. The summed E-state index contributed by atoms with van der Waals surface area (Å²) < 4.78 is 0. The molecule has 1 aliphatic carbocycles. The van der Waals surface area contributed by atoms with E-state index in [-0.39, 0.29) is 30.9 Å². The molecule has 1 aromatic carbocycles. The summed E-state index contributed by atoms with van der Waals surface area (Å²) in [5.41, 5.74) is 2.41. The smallest absolute Gasteiger partial charge is 0.324 e. The Kier molecular flexibility index (Phi) is 4.42. The number of aromatic nitrogens is 1. The van der Waals surface area contributed by atoms with Gasteiger partial charge >= 0.3 is 6.03 Å². The molecule has 2 heterocycles. The highest BCUT2D eigenvalue weighted by atomic mass is 32.1. The molecule has 2 aromatic rings. The zero-order chi connectivity index (χ0) is 18.1. The zero-order valence-electron chi connectivity index (χ0n) is 14.1. The molecule has 1 fully saturated rings. The van der Waals surface area contributed by atoms with Crippen LogP contribution in [0.2, 0.25) is 0 Å². The maximum Gasteiger partial charge on any atom is 0.324 e. The number of anilines is 1. The third kappa shape index (κ3) is 3.32. The number of hydrogen-bond acceptors (Lipinski definition) is 5. The molecule has 4 amide bonds. The van der Waals surface area contributed by atoms with Gasteiger partial charge in [0.05, 0.1) is 18.8 Å². The molecule has 1 aromatic heterocycles. The van der Waals surface area contributed by atoms with Gasteiger partial charge in [0, 0.05) is 10.4 Å². The van der Waals surface area contributed by atoms with Crippen molar-refractivity contribution in [1.82, 2.24) is 15.2 Å². The van der Waals surface area contributed by atoms with Gasteiger partial charge in [-0.05, 0) is 43.4 Å². The van der Waals surface area contributed by atoms with Crippen LogP contribution in [0.5, 0.6) is 0 Å². The van der Waals surface area contributed by atoms with E-state index in [9.17, 15) is 14.4 Å². The van der Waals surface area contributed by atoms with E-state index >= 15 is 0 Å². The van der Waals surface area contributed by atoms with Crippen LogP contribution in [-0.2, 0) is 24.2 Å². The van der Waals surface area contributed by atoms with Crippen LogP contribution in [0.15, 0.2) is 24.3 Å². The normalized spacial score (nSPS) is 16.4. The van der Waals surface area contributed by atoms with Crippen molar-refractivity contribution in [2.75, 3.05) is 11.9 Å². The summed E-state index contributed by atoms with van der Waals surface area (Å²) in [6.45, 7) is 0.239. The van der Waals surface area contributed by atoms with Crippen LogP contribution >= 0.6 is 11.3 Å². The van der Waals surface area contributed by atoms with Gasteiger partial charge in [0.25, 0.3) is 5.91 Å². The number of fused-ring (bicyclic) bond motifs is 1. The first kappa shape index (κ1) is 16.7. The van der Waals surface area contributed by atoms with Crippen molar-refractivity contribution in [3.63, 3.8) is 0 Å². The number of nitrogens with zero attached hydrogens (tertiary/aromatic N) is 2. The monoisotopic (exact) mass is 370 g/mol. The fourth-order valence-electron chi connectivity index (χ4n) is 3.13. The second kappa shape index (κ2) is 6.87. The molecule has 1 saturated heterocycles. The average molecular weight is 370 g/mol. The Labute approximate surface area is 154 Å². The third-order valence-electron chi connectivity index (χ3n) is 4.56. The molecule has 8 heteroatoms. The van der Waals surface area contributed by atoms with Crippen LogP contribution < -0.4 is 10.6 Å². The number of urea groups is 1. The Balaban J connectivity index is 1.41. The van der Waals surface area contributed by atoms with E-state index < -0.39 is 0 Å². The summed E-state index contributed by atoms with van der Waals surface area (Å²) in [4.78, 5) is 42.6. The SMILES string of the molecule is O=C(Nc1nc2c(s1)CCCC2)c1ccc(CN2C(=O)CNC2=O)cc1. The molecule has 4 rings (SSSR count). The largest absolute Gasteiger partial charge is 0.329 e. The first-order valence-corrected chi connectivity index (χ1v) is 9.39. The zero-order valence-corrected chi connectivity index (χ0v) is 14.9. The molecule has 2 aliphatic rings. The van der Waals surface area contributed by atoms with E-state index in [2.05, 4.69) is 15.6 Å². The molecule has 1 aliphatic heterocycles. The van der Waals surface area contributed by atoms with Crippen molar-refractivity contribution in [3.05, 3.63) is 46.0 Å². The van der Waals surface area contributed by atoms with Gasteiger partial charge in [0.2, 0.25) is 5.91 Å². The molecule has 2 N–H and O–H groups in total. The summed E-state index contributed by atoms with van der Waals surface area (Å²) in [5.74, 6) is -0.456. The third-order valence-corrected chi connectivity index (χ3v) is 5.63. The number of rotatable bonds is 4. The van der Waals surface area contributed by atoms with Crippen LogP contribution in [-0.4, -0.2) is 34.3 Å². The lowest BCUT2D eigenvalue weighted by Crippen LogP contribution is -2.30. The highest BCUT2D eigenvalue weighted by molar-refractivity contribution is 7.15. The summed E-state index contributed by atoms with van der Waals surface area (Å²) in [5, 5.41) is 5.99. The van der Waals surface area contributed by atoms with Crippen LogP contribution in [0.4, 0.5) is 9.93 Å². The molecule has 0 saturated carbocycles. The van der Waals surface area contributed by atoms with Crippen molar-refractivity contribution < 1.29 is 14.4 Å². The van der Waals surface area contributed by atoms with E-state index in [1.54, 1.807) is 35.6 Å². The molecule has 0 unspecified atom stereocenters. The van der Waals surface area contributed by atoms with Gasteiger partial charge in [0.1, 0.15) is 0 Å². The van der Waals surface area contributed by atoms with Crippen molar-refractivity contribution in [2.45, 2.75) is 32.2 Å². The second-order valence-corrected chi connectivity index (χ2v) is 7.47. The maximum atomic E-state index is 12.4. The number of benzene rings is 1. The fraction of sp³-hybridized carbons (Fsp3) is 0.333. The van der Waals surface area contributed by atoms with Crippen LogP contribution in [0.1, 0.15) is 39.3 Å². The first-order valence-electron chi connectivity index (χ1n) is 8.57. The molecule has 0 bridgehead atoms. The molecule has 0 atom stereocenters. The summed E-state index contributed by atoms with van der Waals surface area (Å²) in [7, 11) is 0. The number of nitrogens with one attached hydrogen (secondary N) is 2. The lowest BCUT2D eigenvalue weighted by Gasteiger charge is -2.12. The second-order valence-electron chi connectivity index (χ2n) is 6.39. The lowest BCUT2D eigenvalue weighted by atomic mass is 10.0. The van der Waals surface area contributed by atoms with E-state index in [1.165, 1.54) is 11.3 Å². The molecular weight excluding hydrogens is 352 g/mol. The average Bonchev–Trinajstić information content (AvgIpc) is 3.19. The van der Waals surface area contributed by atoms with Gasteiger partial charge in [-0.1, -0.05) is 12.1 Å². The van der Waals surface area contributed by atoms with Crippen LogP contribution in [0, 0.1) is 0 Å². The Morgan fingerprint density at radius 3 is 2.65 bits per heavy atom. The number of imide groups is 1. The van der Waals surface area contributed by atoms with Crippen LogP contribution in [0.25, 0.3) is 0 Å². The quantitative estimate of drug-likeness (QED) is 0.808. The summed E-state index contributed by atoms with van der Waals surface area (Å²) in [6.07, 6.45) is 4.37. The number of carbonyl (C=O) groups excluding carboxylic acids is 3. The fourth-order valence-corrected chi connectivity index (χ4v) is 4.18. The van der Waals surface area contributed by atoms with Crippen LogP contribution in [0.3, 0.4) is 0 Å². The van der Waals surface area contributed by atoms with Gasteiger partial charge in [-0.2, -0.15) is 0 Å². The van der Waals surface area contributed by atoms with E-state index in [4.69, 9.17) is 0 Å². The van der Waals surface area contributed by atoms with Gasteiger partial charge < -0.3 is 5.32 Å². The molecule has 0 spiro atoms. The van der Waals surface area contributed by atoms with Crippen molar-refractivity contribution in [1.29, 1.82) is 0 Å². The van der Waals surface area contributed by atoms with E-state index in [1.807, 2.05) is 0 Å². The summed E-state index contributed by atoms with van der Waals surface area (Å²) in [6, 6.07) is 6.50. The topological polar surface area (TPSA) is 91.4 Å². The lowest BCUT2D eigenvalue weighted by molar-refractivity contribution is -0.125. The number of aryl methyl sites for hydroxylation is 2. The molecular formula is C18H18N4O3S. The van der Waals surface area contributed by atoms with Gasteiger partial charge in [-0.15, -0.1) is 11.3 Å². The molecule has 26 heavy (non-hydrogen) atoms. The van der Waals surface area contributed by atoms with Crippen molar-refractivity contribution in [2.24, 2.45) is 0 Å². The molecule has 134 valence electrons. The van der Waals surface area contributed by atoms with E-state index in [0.29, 0.717) is 10.7 Å². The number of carbonyl (C=O) groups is 3. The first-order chi connectivity index (χ1) is 12.6. The van der Waals surface area contributed by atoms with Gasteiger partial charge in [-0.25, -0.2) is 9.78 Å². The molecule has 7 nitrogen and oxygen atoms in total. The minimum absolute atomic E-state index is 0.0388. The van der Waals surface area contributed by atoms with Crippen molar-refractivity contribution >= 4 is 34.3 Å². The highest BCUT2D eigenvalue weighted by Crippen LogP contribution is 2.29. The highest BCUT2D eigenvalue weighted by Gasteiger charge is 2.28. The Morgan fingerprint density at radius 2 is 1.96 bits per heavy atom. The Morgan fingerprint density at radius 1 is 1.19 bits per heavy atom. The Hall–Kier alpha value is -2.74.